The van der Waals surface area contributed by atoms with Gasteiger partial charge >= 0.3 is 6.09 Å². The van der Waals surface area contributed by atoms with Crippen LogP contribution in [0.25, 0.3) is 0 Å². The Balaban J connectivity index is 1.74. The summed E-state index contributed by atoms with van der Waals surface area (Å²) in [4.78, 5) is 25.9. The molecule has 2 fully saturated rings. The minimum atomic E-state index is -0.466. The molecule has 24 heavy (non-hydrogen) atoms. The third-order valence-electron chi connectivity index (χ3n) is 4.71. The molecule has 138 valence electrons. The van der Waals surface area contributed by atoms with Crippen LogP contribution in [0.15, 0.2) is 0 Å². The molecule has 2 rings (SSSR count). The number of carbonyl (C=O) groups is 2. The molecule has 2 atom stereocenters. The first-order valence-electron chi connectivity index (χ1n) is 9.22. The highest BCUT2D eigenvalue weighted by atomic mass is 16.6. The van der Waals surface area contributed by atoms with Gasteiger partial charge in [-0.15, -0.1) is 0 Å². The van der Waals surface area contributed by atoms with Crippen LogP contribution in [0.2, 0.25) is 0 Å². The maximum atomic E-state index is 12.2. The average Bonchev–Trinajstić information content (AvgIpc) is 3.29. The predicted octanol–water partition coefficient (Wildman–Crippen LogP) is 2.14. The number of hydrogen-bond acceptors (Lipinski definition) is 4. The van der Waals surface area contributed by atoms with Gasteiger partial charge in [0.1, 0.15) is 5.60 Å². The van der Waals surface area contributed by atoms with Crippen molar-refractivity contribution in [1.29, 1.82) is 0 Å². The number of likely N-dealkylation sites (tertiary alicyclic amines) is 1. The summed E-state index contributed by atoms with van der Waals surface area (Å²) < 4.78 is 5.46. The lowest BCUT2D eigenvalue weighted by Gasteiger charge is -2.26. The normalized spacial score (nSPS) is 25.1. The van der Waals surface area contributed by atoms with Crippen molar-refractivity contribution in [2.75, 3.05) is 26.2 Å². The molecule has 2 aliphatic rings. The van der Waals surface area contributed by atoms with Crippen LogP contribution < -0.4 is 10.6 Å². The van der Waals surface area contributed by atoms with Gasteiger partial charge in [0.15, 0.2) is 0 Å². The largest absolute Gasteiger partial charge is 0.444 e. The summed E-state index contributed by atoms with van der Waals surface area (Å²) in [5.74, 6) is 1.20. The Bertz CT molecular complexity index is 443. The summed E-state index contributed by atoms with van der Waals surface area (Å²) in [5, 5.41) is 6.35. The Hall–Kier alpha value is -1.30. The van der Waals surface area contributed by atoms with Gasteiger partial charge in [0.05, 0.1) is 6.54 Å². The van der Waals surface area contributed by atoms with Gasteiger partial charge in [0.2, 0.25) is 5.91 Å². The Kier molecular flexibility index (Phi) is 6.49. The maximum Gasteiger partial charge on any atom is 0.410 e. The fourth-order valence-electron chi connectivity index (χ4n) is 2.93. The van der Waals surface area contributed by atoms with Crippen molar-refractivity contribution < 1.29 is 14.3 Å². The van der Waals surface area contributed by atoms with Crippen molar-refractivity contribution in [3.05, 3.63) is 0 Å². The van der Waals surface area contributed by atoms with Crippen LogP contribution in [0.3, 0.4) is 0 Å². The van der Waals surface area contributed by atoms with Gasteiger partial charge in [-0.3, -0.25) is 4.79 Å². The molecule has 1 saturated heterocycles. The van der Waals surface area contributed by atoms with Crippen molar-refractivity contribution in [2.24, 2.45) is 11.8 Å². The third kappa shape index (κ3) is 6.67. The second-order valence-corrected chi connectivity index (χ2v) is 8.26. The molecule has 2 amide bonds. The van der Waals surface area contributed by atoms with Crippen molar-refractivity contribution >= 4 is 12.0 Å². The molecule has 0 spiro atoms. The second-order valence-electron chi connectivity index (χ2n) is 8.26. The Morgan fingerprint density at radius 2 is 1.79 bits per heavy atom. The Morgan fingerprint density at radius 3 is 2.42 bits per heavy atom. The van der Waals surface area contributed by atoms with E-state index in [4.69, 9.17) is 4.74 Å². The Morgan fingerprint density at radius 1 is 1.12 bits per heavy atom. The van der Waals surface area contributed by atoms with E-state index in [9.17, 15) is 9.59 Å². The highest BCUT2D eigenvalue weighted by Crippen LogP contribution is 2.27. The minimum absolute atomic E-state index is 0.0716. The summed E-state index contributed by atoms with van der Waals surface area (Å²) in [5.41, 5.74) is -0.466. The van der Waals surface area contributed by atoms with Crippen LogP contribution in [-0.2, 0) is 9.53 Å². The molecular formula is C18H33N3O3. The molecule has 1 aliphatic heterocycles. The number of carbonyl (C=O) groups excluding carboxylic acids is 2. The van der Waals surface area contributed by atoms with E-state index in [2.05, 4.69) is 17.6 Å². The first-order chi connectivity index (χ1) is 11.2. The fraction of sp³-hybridized carbons (Fsp3) is 0.889. The van der Waals surface area contributed by atoms with E-state index in [-0.39, 0.29) is 18.0 Å². The van der Waals surface area contributed by atoms with E-state index in [1.807, 2.05) is 20.8 Å². The smallest absolute Gasteiger partial charge is 0.410 e. The average molecular weight is 339 g/mol. The predicted molar refractivity (Wildman–Crippen MR) is 93.7 cm³/mol. The lowest BCUT2D eigenvalue weighted by molar-refractivity contribution is -0.120. The molecule has 6 heteroatoms. The van der Waals surface area contributed by atoms with Crippen LogP contribution in [0.5, 0.6) is 0 Å². The van der Waals surface area contributed by atoms with Crippen LogP contribution >= 0.6 is 0 Å². The minimum Gasteiger partial charge on any atom is -0.444 e. The quantitative estimate of drug-likeness (QED) is 0.805. The van der Waals surface area contributed by atoms with E-state index in [1.165, 1.54) is 12.8 Å². The zero-order valence-corrected chi connectivity index (χ0v) is 15.6. The molecule has 1 aliphatic carbocycles. The lowest BCUT2D eigenvalue weighted by Crippen LogP contribution is -2.43. The van der Waals surface area contributed by atoms with Gasteiger partial charge in [-0.25, -0.2) is 4.79 Å². The molecule has 2 N–H and O–H groups in total. The number of ether oxygens (including phenoxy) is 1. The van der Waals surface area contributed by atoms with Crippen molar-refractivity contribution in [1.82, 2.24) is 15.5 Å². The molecule has 0 bridgehead atoms. The van der Waals surface area contributed by atoms with Gasteiger partial charge in [0, 0.05) is 25.7 Å². The van der Waals surface area contributed by atoms with E-state index >= 15 is 0 Å². The van der Waals surface area contributed by atoms with Crippen LogP contribution in [-0.4, -0.2) is 54.7 Å². The first kappa shape index (κ1) is 19.0. The zero-order valence-electron chi connectivity index (χ0n) is 15.6. The molecule has 0 aromatic heterocycles. The topological polar surface area (TPSA) is 70.7 Å². The molecule has 1 saturated carbocycles. The summed E-state index contributed by atoms with van der Waals surface area (Å²) in [6.07, 6.45) is 4.01. The highest BCUT2D eigenvalue weighted by molar-refractivity contribution is 5.78. The van der Waals surface area contributed by atoms with Gasteiger partial charge < -0.3 is 20.3 Å². The van der Waals surface area contributed by atoms with E-state index < -0.39 is 5.60 Å². The summed E-state index contributed by atoms with van der Waals surface area (Å²) >= 11 is 0. The standard InChI is InChI=1S/C18H33N3O3/c1-13-7-9-21(17(23)24-18(2,3)4)10-8-15(13)19-12-16(22)20-11-14-5-6-14/h13-15,19H,5-12H2,1-4H3,(H,20,22). The van der Waals surface area contributed by atoms with Crippen LogP contribution in [0.1, 0.15) is 53.4 Å². The highest BCUT2D eigenvalue weighted by Gasteiger charge is 2.28. The summed E-state index contributed by atoms with van der Waals surface area (Å²) in [6.45, 7) is 10.4. The van der Waals surface area contributed by atoms with E-state index in [1.54, 1.807) is 4.90 Å². The fourth-order valence-corrected chi connectivity index (χ4v) is 2.93. The first-order valence-corrected chi connectivity index (χ1v) is 9.22. The Labute approximate surface area is 145 Å². The van der Waals surface area contributed by atoms with Gasteiger partial charge in [0.25, 0.3) is 0 Å². The molecular weight excluding hydrogens is 306 g/mol. The monoisotopic (exact) mass is 339 g/mol. The molecule has 2 unspecified atom stereocenters. The third-order valence-corrected chi connectivity index (χ3v) is 4.71. The van der Waals surface area contributed by atoms with E-state index in [0.29, 0.717) is 31.5 Å². The SMILES string of the molecule is CC1CCN(C(=O)OC(C)(C)C)CCC1NCC(=O)NCC1CC1. The molecule has 1 heterocycles. The number of rotatable bonds is 5. The van der Waals surface area contributed by atoms with Gasteiger partial charge in [-0.1, -0.05) is 6.92 Å². The van der Waals surface area contributed by atoms with Crippen molar-refractivity contribution in [3.63, 3.8) is 0 Å². The summed E-state index contributed by atoms with van der Waals surface area (Å²) in [7, 11) is 0. The van der Waals surface area contributed by atoms with Gasteiger partial charge in [-0.05, 0) is 58.3 Å². The van der Waals surface area contributed by atoms with Crippen molar-refractivity contribution in [2.45, 2.75) is 65.0 Å². The number of nitrogens with zero attached hydrogens (tertiary/aromatic N) is 1. The van der Waals surface area contributed by atoms with E-state index in [0.717, 1.165) is 19.4 Å². The van der Waals surface area contributed by atoms with Crippen LogP contribution in [0, 0.1) is 11.8 Å². The molecule has 0 aromatic carbocycles. The van der Waals surface area contributed by atoms with Crippen molar-refractivity contribution in [3.8, 4) is 0 Å². The molecule has 6 nitrogen and oxygen atoms in total. The second kappa shape index (κ2) is 8.19. The molecule has 0 aromatic rings. The number of amides is 2. The molecule has 0 radical (unpaired) electrons. The lowest BCUT2D eigenvalue weighted by atomic mass is 9.97. The maximum absolute atomic E-state index is 12.2. The zero-order chi connectivity index (χ0) is 17.7. The van der Waals surface area contributed by atoms with Gasteiger partial charge in [-0.2, -0.15) is 0 Å². The number of nitrogens with one attached hydrogen (secondary N) is 2. The summed E-state index contributed by atoms with van der Waals surface area (Å²) in [6, 6.07) is 0.254. The number of hydrogen-bond donors (Lipinski definition) is 2. The van der Waals surface area contributed by atoms with Crippen LogP contribution in [0.4, 0.5) is 4.79 Å².